The van der Waals surface area contributed by atoms with Gasteiger partial charge in [0.2, 0.25) is 0 Å². The monoisotopic (exact) mass is 285 g/mol. The molecule has 1 saturated heterocycles. The standard InChI is InChI=1S/C17H23N3O/c1-17(2)11-20(8-7-15(17)18)10-13-9-12-5-3-4-6-14(12)19-16(13)21/h3-6,9,15H,7-8,10-11,18H2,1-2H3,(H,19,21). The van der Waals surface area contributed by atoms with Crippen molar-refractivity contribution < 1.29 is 0 Å². The van der Waals surface area contributed by atoms with Crippen molar-refractivity contribution in [2.75, 3.05) is 13.1 Å². The Morgan fingerprint density at radius 3 is 2.90 bits per heavy atom. The van der Waals surface area contributed by atoms with Crippen molar-refractivity contribution >= 4 is 10.9 Å². The summed E-state index contributed by atoms with van der Waals surface area (Å²) < 4.78 is 0. The van der Waals surface area contributed by atoms with E-state index in [1.807, 2.05) is 30.3 Å². The lowest BCUT2D eigenvalue weighted by atomic mass is 9.79. The third kappa shape index (κ3) is 2.87. The molecule has 1 aromatic carbocycles. The predicted molar refractivity (Wildman–Crippen MR) is 86.2 cm³/mol. The smallest absolute Gasteiger partial charge is 0.252 e. The number of para-hydroxylation sites is 1. The molecule has 0 saturated carbocycles. The highest BCUT2D eigenvalue weighted by molar-refractivity contribution is 5.78. The number of nitrogens with one attached hydrogen (secondary N) is 1. The zero-order valence-electron chi connectivity index (χ0n) is 12.7. The van der Waals surface area contributed by atoms with Gasteiger partial charge in [0.15, 0.2) is 0 Å². The molecule has 0 spiro atoms. The Labute approximate surface area is 125 Å². The molecular formula is C17H23N3O. The molecule has 4 heteroatoms. The van der Waals surface area contributed by atoms with Gasteiger partial charge < -0.3 is 10.7 Å². The molecule has 0 aliphatic carbocycles. The number of pyridine rings is 1. The van der Waals surface area contributed by atoms with Gasteiger partial charge in [0.1, 0.15) is 0 Å². The molecule has 0 amide bonds. The first-order valence-corrected chi connectivity index (χ1v) is 7.54. The molecule has 4 nitrogen and oxygen atoms in total. The number of aromatic nitrogens is 1. The first-order chi connectivity index (χ1) is 9.95. The molecule has 1 unspecified atom stereocenters. The van der Waals surface area contributed by atoms with Crippen LogP contribution in [0, 0.1) is 5.41 Å². The Morgan fingerprint density at radius 2 is 2.14 bits per heavy atom. The maximum Gasteiger partial charge on any atom is 0.252 e. The third-order valence-corrected chi connectivity index (χ3v) is 4.62. The number of hydrogen-bond acceptors (Lipinski definition) is 3. The maximum atomic E-state index is 12.2. The topological polar surface area (TPSA) is 62.1 Å². The summed E-state index contributed by atoms with van der Waals surface area (Å²) in [4.78, 5) is 17.5. The van der Waals surface area contributed by atoms with Gasteiger partial charge in [0.25, 0.3) is 5.56 Å². The Balaban J connectivity index is 1.85. The molecule has 2 heterocycles. The SMILES string of the molecule is CC1(C)CN(Cc2cc3ccccc3[nH]c2=O)CCC1N. The molecule has 1 aromatic heterocycles. The van der Waals surface area contributed by atoms with Gasteiger partial charge in [0, 0.05) is 36.8 Å². The van der Waals surface area contributed by atoms with Crippen LogP contribution in [-0.4, -0.2) is 29.0 Å². The average Bonchev–Trinajstić information content (AvgIpc) is 2.43. The minimum Gasteiger partial charge on any atom is -0.327 e. The number of H-pyrrole nitrogens is 1. The van der Waals surface area contributed by atoms with Crippen LogP contribution in [0.25, 0.3) is 10.9 Å². The normalized spacial score (nSPS) is 22.5. The number of nitrogens with zero attached hydrogens (tertiary/aromatic N) is 1. The van der Waals surface area contributed by atoms with Gasteiger partial charge in [-0.05, 0) is 29.4 Å². The second-order valence-electron chi connectivity index (χ2n) is 6.81. The molecule has 1 aliphatic heterocycles. The first-order valence-electron chi connectivity index (χ1n) is 7.54. The minimum absolute atomic E-state index is 0.0152. The van der Waals surface area contributed by atoms with E-state index in [1.165, 1.54) is 0 Å². The molecular weight excluding hydrogens is 262 g/mol. The van der Waals surface area contributed by atoms with Crippen LogP contribution in [0.5, 0.6) is 0 Å². The van der Waals surface area contributed by atoms with Crippen LogP contribution in [0.2, 0.25) is 0 Å². The summed E-state index contributed by atoms with van der Waals surface area (Å²) >= 11 is 0. The molecule has 0 bridgehead atoms. The summed E-state index contributed by atoms with van der Waals surface area (Å²) in [6.45, 7) is 6.98. The fourth-order valence-corrected chi connectivity index (χ4v) is 3.17. The number of aromatic amines is 1. The molecule has 3 rings (SSSR count). The van der Waals surface area contributed by atoms with Gasteiger partial charge in [-0.1, -0.05) is 32.0 Å². The van der Waals surface area contributed by atoms with E-state index in [2.05, 4.69) is 23.7 Å². The number of likely N-dealkylation sites (tertiary alicyclic amines) is 1. The molecule has 1 aliphatic rings. The maximum absolute atomic E-state index is 12.2. The van der Waals surface area contributed by atoms with E-state index in [4.69, 9.17) is 5.73 Å². The van der Waals surface area contributed by atoms with E-state index >= 15 is 0 Å². The molecule has 3 N–H and O–H groups in total. The largest absolute Gasteiger partial charge is 0.327 e. The lowest BCUT2D eigenvalue weighted by molar-refractivity contribution is 0.0896. The van der Waals surface area contributed by atoms with Crippen molar-refractivity contribution in [3.63, 3.8) is 0 Å². The van der Waals surface area contributed by atoms with Crippen LogP contribution < -0.4 is 11.3 Å². The highest BCUT2D eigenvalue weighted by Crippen LogP contribution is 2.28. The number of piperidine rings is 1. The molecule has 1 fully saturated rings. The van der Waals surface area contributed by atoms with Crippen LogP contribution in [-0.2, 0) is 6.54 Å². The van der Waals surface area contributed by atoms with Crippen molar-refractivity contribution in [2.24, 2.45) is 11.1 Å². The average molecular weight is 285 g/mol. The Morgan fingerprint density at radius 1 is 1.38 bits per heavy atom. The van der Waals surface area contributed by atoms with E-state index in [0.29, 0.717) is 6.54 Å². The van der Waals surface area contributed by atoms with Gasteiger partial charge >= 0.3 is 0 Å². The van der Waals surface area contributed by atoms with Crippen molar-refractivity contribution in [3.8, 4) is 0 Å². The lowest BCUT2D eigenvalue weighted by Crippen LogP contribution is -2.52. The highest BCUT2D eigenvalue weighted by Gasteiger charge is 2.33. The predicted octanol–water partition coefficient (Wildman–Crippen LogP) is 2.09. The fourth-order valence-electron chi connectivity index (χ4n) is 3.17. The molecule has 21 heavy (non-hydrogen) atoms. The van der Waals surface area contributed by atoms with Crippen molar-refractivity contribution in [2.45, 2.75) is 32.9 Å². The molecule has 1 atom stereocenters. The third-order valence-electron chi connectivity index (χ3n) is 4.62. The lowest BCUT2D eigenvalue weighted by Gasteiger charge is -2.42. The zero-order chi connectivity index (χ0) is 15.0. The summed E-state index contributed by atoms with van der Waals surface area (Å²) in [6, 6.07) is 10.1. The number of rotatable bonds is 2. The van der Waals surface area contributed by atoms with E-state index in [-0.39, 0.29) is 17.0 Å². The van der Waals surface area contributed by atoms with Gasteiger partial charge in [-0.2, -0.15) is 0 Å². The van der Waals surface area contributed by atoms with Crippen LogP contribution in [0.4, 0.5) is 0 Å². The summed E-state index contributed by atoms with van der Waals surface area (Å²) in [6.07, 6.45) is 0.985. The second kappa shape index (κ2) is 5.28. The van der Waals surface area contributed by atoms with Gasteiger partial charge in [-0.15, -0.1) is 0 Å². The second-order valence-corrected chi connectivity index (χ2v) is 6.81. The summed E-state index contributed by atoms with van der Waals surface area (Å²) in [5, 5.41) is 1.08. The van der Waals surface area contributed by atoms with Gasteiger partial charge in [0.05, 0.1) is 0 Å². The number of hydrogen-bond donors (Lipinski definition) is 2. The quantitative estimate of drug-likeness (QED) is 0.888. The van der Waals surface area contributed by atoms with Crippen LogP contribution in [0.3, 0.4) is 0 Å². The van der Waals surface area contributed by atoms with Crippen LogP contribution >= 0.6 is 0 Å². The fraction of sp³-hybridized carbons (Fsp3) is 0.471. The van der Waals surface area contributed by atoms with E-state index < -0.39 is 0 Å². The van der Waals surface area contributed by atoms with Gasteiger partial charge in [-0.25, -0.2) is 0 Å². The van der Waals surface area contributed by atoms with Gasteiger partial charge in [-0.3, -0.25) is 9.69 Å². The molecule has 112 valence electrons. The first kappa shape index (κ1) is 14.3. The van der Waals surface area contributed by atoms with Crippen LogP contribution in [0.1, 0.15) is 25.8 Å². The minimum atomic E-state index is 0.0152. The van der Waals surface area contributed by atoms with Crippen molar-refractivity contribution in [1.82, 2.24) is 9.88 Å². The van der Waals surface area contributed by atoms with E-state index in [0.717, 1.165) is 36.0 Å². The number of fused-ring (bicyclic) bond motifs is 1. The summed E-state index contributed by atoms with van der Waals surface area (Å²) in [5.74, 6) is 0. The summed E-state index contributed by atoms with van der Waals surface area (Å²) in [5.41, 5.74) is 8.02. The van der Waals surface area contributed by atoms with Crippen molar-refractivity contribution in [3.05, 3.63) is 46.2 Å². The molecule has 2 aromatic rings. The Bertz CT molecular complexity index is 704. The zero-order valence-corrected chi connectivity index (χ0v) is 12.7. The van der Waals surface area contributed by atoms with Crippen molar-refractivity contribution in [1.29, 1.82) is 0 Å². The molecule has 0 radical (unpaired) electrons. The Hall–Kier alpha value is -1.65. The number of benzene rings is 1. The number of nitrogens with two attached hydrogens (primary N) is 1. The highest BCUT2D eigenvalue weighted by atomic mass is 16.1. The Kier molecular flexibility index (Phi) is 3.59. The summed E-state index contributed by atoms with van der Waals surface area (Å²) in [7, 11) is 0. The van der Waals surface area contributed by atoms with Crippen LogP contribution in [0.15, 0.2) is 35.1 Å². The van der Waals surface area contributed by atoms with E-state index in [1.54, 1.807) is 0 Å². The van der Waals surface area contributed by atoms with E-state index in [9.17, 15) is 4.79 Å².